The highest BCUT2D eigenvalue weighted by Gasteiger charge is 2.06. The third-order valence-electron chi connectivity index (χ3n) is 1.02. The largest absolute Gasteiger partial charge is 0.394 e. The van der Waals surface area contributed by atoms with Gasteiger partial charge in [0.1, 0.15) is 17.8 Å². The minimum absolute atomic E-state index is 0.0663. The Morgan fingerprint density at radius 2 is 2.10 bits per heavy atom. The molecule has 0 unspecified atom stereocenters. The second-order valence-electron chi connectivity index (χ2n) is 1.58. The van der Waals surface area contributed by atoms with Gasteiger partial charge in [0.2, 0.25) is 0 Å². The molecule has 5 nitrogen and oxygen atoms in total. The molecular weight excluding hydrogens is 130 g/mol. The van der Waals surface area contributed by atoms with Crippen molar-refractivity contribution in [2.75, 3.05) is 5.73 Å². The molecule has 1 heterocycles. The zero-order chi connectivity index (χ0) is 7.56. The van der Waals surface area contributed by atoms with Gasteiger partial charge in [0.05, 0.1) is 0 Å². The number of aromatic nitrogens is 2. The second kappa shape index (κ2) is 2.08. The van der Waals surface area contributed by atoms with Crippen LogP contribution in [0.3, 0.4) is 0 Å². The first-order valence-electron chi connectivity index (χ1n) is 2.43. The molecule has 0 saturated heterocycles. The van der Waals surface area contributed by atoms with E-state index in [0.717, 1.165) is 0 Å². The predicted molar refractivity (Wildman–Crippen MR) is 32.4 cm³/mol. The Morgan fingerprint density at radius 1 is 1.40 bits per heavy atom. The van der Waals surface area contributed by atoms with Crippen LogP contribution in [0.15, 0.2) is 0 Å². The minimum Gasteiger partial charge on any atom is -0.394 e. The fourth-order valence-corrected chi connectivity index (χ4v) is 0.521. The summed E-state index contributed by atoms with van der Waals surface area (Å²) in [5.74, 6) is 0. The van der Waals surface area contributed by atoms with E-state index >= 15 is 0 Å². The summed E-state index contributed by atoms with van der Waals surface area (Å²) < 4.78 is 0. The Labute approximate surface area is 56.7 Å². The lowest BCUT2D eigenvalue weighted by molar-refractivity contribution is 1.06. The molecule has 0 spiro atoms. The number of nitrogens with two attached hydrogens (primary N) is 1. The summed E-state index contributed by atoms with van der Waals surface area (Å²) in [6.07, 6.45) is 0. The molecule has 48 valence electrons. The van der Waals surface area contributed by atoms with E-state index in [1.54, 1.807) is 12.1 Å². The monoisotopic (exact) mass is 133 g/mol. The van der Waals surface area contributed by atoms with Crippen LogP contribution in [0.1, 0.15) is 11.4 Å². The Hall–Kier alpha value is -2.01. The first-order chi connectivity index (χ1) is 4.79. The summed E-state index contributed by atoms with van der Waals surface area (Å²) in [4.78, 5) is 0. The SMILES string of the molecule is N#Cc1n[nH]c(C#N)c1N. The Kier molecular flexibility index (Phi) is 1.27. The van der Waals surface area contributed by atoms with Crippen molar-refractivity contribution in [1.82, 2.24) is 10.2 Å². The Bertz CT molecular complexity index is 291. The molecule has 1 rings (SSSR count). The molecule has 10 heavy (non-hydrogen) atoms. The number of nitrogen functional groups attached to an aromatic ring is 1. The molecule has 0 amide bonds. The molecular formula is C5H3N5. The number of aromatic amines is 1. The van der Waals surface area contributed by atoms with E-state index in [9.17, 15) is 0 Å². The van der Waals surface area contributed by atoms with Gasteiger partial charge >= 0.3 is 0 Å². The molecule has 0 aromatic carbocycles. The average Bonchev–Trinajstić information content (AvgIpc) is 2.30. The molecule has 0 aliphatic carbocycles. The van der Waals surface area contributed by atoms with Crippen molar-refractivity contribution in [2.45, 2.75) is 0 Å². The topological polar surface area (TPSA) is 102 Å². The van der Waals surface area contributed by atoms with Crippen LogP contribution >= 0.6 is 0 Å². The van der Waals surface area contributed by atoms with E-state index in [-0.39, 0.29) is 17.1 Å². The molecule has 0 atom stereocenters. The van der Waals surface area contributed by atoms with E-state index in [0.29, 0.717) is 0 Å². The summed E-state index contributed by atoms with van der Waals surface area (Å²) in [6, 6.07) is 3.49. The maximum atomic E-state index is 8.32. The summed E-state index contributed by atoms with van der Waals surface area (Å²) in [5, 5.41) is 22.4. The Morgan fingerprint density at radius 3 is 2.40 bits per heavy atom. The number of H-pyrrole nitrogens is 1. The molecule has 0 saturated carbocycles. The maximum Gasteiger partial charge on any atom is 0.186 e. The molecule has 0 fully saturated rings. The summed E-state index contributed by atoms with van der Waals surface area (Å²) in [5.41, 5.74) is 5.60. The van der Waals surface area contributed by atoms with Crippen molar-refractivity contribution in [3.63, 3.8) is 0 Å². The standard InChI is InChI=1S/C5H3N5/c6-1-3-5(8)4(2-7)10-9-3/h8H2,(H,9,10). The predicted octanol–water partition coefficient (Wildman–Crippen LogP) is -0.265. The Balaban J connectivity index is 3.28. The van der Waals surface area contributed by atoms with Crippen LogP contribution in [0.5, 0.6) is 0 Å². The van der Waals surface area contributed by atoms with Gasteiger partial charge in [-0.25, -0.2) is 0 Å². The van der Waals surface area contributed by atoms with Gasteiger partial charge in [-0.05, 0) is 0 Å². The van der Waals surface area contributed by atoms with Gasteiger partial charge in [-0.2, -0.15) is 15.6 Å². The van der Waals surface area contributed by atoms with Crippen LogP contribution in [-0.4, -0.2) is 10.2 Å². The number of anilines is 1. The molecule has 5 heteroatoms. The molecule has 0 aliphatic rings. The van der Waals surface area contributed by atoms with Gasteiger partial charge in [-0.15, -0.1) is 0 Å². The molecule has 1 aromatic rings. The fraction of sp³-hybridized carbons (Fsp3) is 0. The highest BCUT2D eigenvalue weighted by atomic mass is 15.1. The van der Waals surface area contributed by atoms with Crippen molar-refractivity contribution in [3.05, 3.63) is 11.4 Å². The number of hydrogen-bond acceptors (Lipinski definition) is 4. The highest BCUT2D eigenvalue weighted by molar-refractivity contribution is 5.57. The number of hydrogen-bond donors (Lipinski definition) is 2. The lowest BCUT2D eigenvalue weighted by Crippen LogP contribution is -1.88. The smallest absolute Gasteiger partial charge is 0.186 e. The minimum atomic E-state index is 0.0663. The molecule has 0 radical (unpaired) electrons. The van der Waals surface area contributed by atoms with Gasteiger partial charge in [0.15, 0.2) is 11.4 Å². The highest BCUT2D eigenvalue weighted by Crippen LogP contribution is 2.10. The van der Waals surface area contributed by atoms with Crippen LogP contribution in [0.4, 0.5) is 5.69 Å². The first-order valence-corrected chi connectivity index (χ1v) is 2.43. The van der Waals surface area contributed by atoms with Gasteiger partial charge in [-0.1, -0.05) is 0 Å². The van der Waals surface area contributed by atoms with Crippen molar-refractivity contribution in [3.8, 4) is 12.1 Å². The van der Waals surface area contributed by atoms with Crippen LogP contribution in [0.2, 0.25) is 0 Å². The van der Waals surface area contributed by atoms with Crippen molar-refractivity contribution in [1.29, 1.82) is 10.5 Å². The number of nitrogens with zero attached hydrogens (tertiary/aromatic N) is 3. The third-order valence-corrected chi connectivity index (χ3v) is 1.02. The molecule has 0 aliphatic heterocycles. The van der Waals surface area contributed by atoms with Gasteiger partial charge in [-0.3, -0.25) is 5.10 Å². The third kappa shape index (κ3) is 0.664. The average molecular weight is 133 g/mol. The summed E-state index contributed by atoms with van der Waals surface area (Å²) in [7, 11) is 0. The van der Waals surface area contributed by atoms with Crippen LogP contribution < -0.4 is 5.73 Å². The number of nitrogens with one attached hydrogen (secondary N) is 1. The lowest BCUT2D eigenvalue weighted by atomic mass is 10.3. The number of nitriles is 2. The maximum absolute atomic E-state index is 8.32. The van der Waals surface area contributed by atoms with Gasteiger partial charge < -0.3 is 5.73 Å². The molecule has 1 aromatic heterocycles. The van der Waals surface area contributed by atoms with Gasteiger partial charge in [0.25, 0.3) is 0 Å². The zero-order valence-corrected chi connectivity index (χ0v) is 4.92. The second-order valence-corrected chi connectivity index (χ2v) is 1.58. The van der Waals surface area contributed by atoms with Crippen molar-refractivity contribution >= 4 is 5.69 Å². The fourth-order valence-electron chi connectivity index (χ4n) is 0.521. The van der Waals surface area contributed by atoms with E-state index in [1.807, 2.05) is 0 Å². The molecule has 3 N–H and O–H groups in total. The lowest BCUT2D eigenvalue weighted by Gasteiger charge is -1.80. The van der Waals surface area contributed by atoms with Crippen LogP contribution in [0.25, 0.3) is 0 Å². The van der Waals surface area contributed by atoms with E-state index in [2.05, 4.69) is 10.2 Å². The first kappa shape index (κ1) is 6.12. The van der Waals surface area contributed by atoms with Crippen molar-refractivity contribution < 1.29 is 0 Å². The van der Waals surface area contributed by atoms with E-state index in [4.69, 9.17) is 16.3 Å². The van der Waals surface area contributed by atoms with Crippen LogP contribution in [-0.2, 0) is 0 Å². The van der Waals surface area contributed by atoms with Crippen LogP contribution in [0, 0.1) is 22.7 Å². The quantitative estimate of drug-likeness (QED) is 0.508. The van der Waals surface area contributed by atoms with E-state index in [1.165, 1.54) is 0 Å². The van der Waals surface area contributed by atoms with Crippen molar-refractivity contribution in [2.24, 2.45) is 0 Å². The molecule has 0 bridgehead atoms. The van der Waals surface area contributed by atoms with E-state index < -0.39 is 0 Å². The zero-order valence-electron chi connectivity index (χ0n) is 4.92. The summed E-state index contributed by atoms with van der Waals surface area (Å²) >= 11 is 0. The van der Waals surface area contributed by atoms with Gasteiger partial charge in [0, 0.05) is 0 Å². The summed E-state index contributed by atoms with van der Waals surface area (Å²) in [6.45, 7) is 0. The normalized spacial score (nSPS) is 8.20. The number of rotatable bonds is 0.